The van der Waals surface area contributed by atoms with Gasteiger partial charge in [0.1, 0.15) is 11.5 Å². The van der Waals surface area contributed by atoms with Crippen LogP contribution in [0.1, 0.15) is 25.0 Å². The van der Waals surface area contributed by atoms with Crippen LogP contribution in [0.4, 0.5) is 0 Å². The molecule has 1 atom stereocenters. The number of rotatable bonds is 5. The Hall–Kier alpha value is -2.75. The van der Waals surface area contributed by atoms with Crippen molar-refractivity contribution in [3.05, 3.63) is 71.5 Å². The summed E-state index contributed by atoms with van der Waals surface area (Å²) >= 11 is 0. The molecule has 1 heterocycles. The summed E-state index contributed by atoms with van der Waals surface area (Å²) in [4.78, 5) is 14.8. The molecule has 1 amide bonds. The maximum absolute atomic E-state index is 13.1. The summed E-state index contributed by atoms with van der Waals surface area (Å²) in [6.45, 7) is 4.51. The van der Waals surface area contributed by atoms with Crippen molar-refractivity contribution < 1.29 is 14.6 Å². The summed E-state index contributed by atoms with van der Waals surface area (Å²) < 4.78 is 5.17. The molecule has 0 radical (unpaired) electrons. The van der Waals surface area contributed by atoms with Crippen LogP contribution in [0.2, 0.25) is 0 Å². The number of carbonyl (C=O) groups is 1. The number of carbonyl (C=O) groups excluding carboxylic acids is 1. The number of hydrogen-bond acceptors (Lipinski definition) is 3. The maximum Gasteiger partial charge on any atom is 0.258 e. The van der Waals surface area contributed by atoms with Crippen LogP contribution in [0, 0.1) is 5.92 Å². The fraction of sp³-hybridized carbons (Fsp3) is 0.286. The quantitative estimate of drug-likeness (QED) is 0.896. The van der Waals surface area contributed by atoms with Crippen LogP contribution in [0.5, 0.6) is 5.75 Å². The molecule has 1 aliphatic rings. The number of aliphatic hydroxyl groups is 1. The van der Waals surface area contributed by atoms with E-state index >= 15 is 0 Å². The van der Waals surface area contributed by atoms with E-state index in [0.29, 0.717) is 17.7 Å². The second-order valence-corrected chi connectivity index (χ2v) is 6.60. The Bertz CT molecular complexity index is 779. The Labute approximate surface area is 148 Å². The molecule has 0 spiro atoms. The predicted molar refractivity (Wildman–Crippen MR) is 98.2 cm³/mol. The highest BCUT2D eigenvalue weighted by Crippen LogP contribution is 2.36. The molecule has 0 saturated heterocycles. The molecule has 0 fully saturated rings. The molecule has 4 nitrogen and oxygen atoms in total. The minimum Gasteiger partial charge on any atom is -0.509 e. The number of nitrogens with zero attached hydrogens (tertiary/aromatic N) is 1. The van der Waals surface area contributed by atoms with Crippen LogP contribution in [0.3, 0.4) is 0 Å². The molecule has 0 bridgehead atoms. The van der Waals surface area contributed by atoms with Crippen LogP contribution < -0.4 is 4.74 Å². The lowest BCUT2D eigenvalue weighted by Crippen LogP contribution is -2.38. The van der Waals surface area contributed by atoms with Gasteiger partial charge in [0.15, 0.2) is 0 Å². The molecule has 2 aromatic carbocycles. The molecule has 1 unspecified atom stereocenters. The molecule has 1 aliphatic heterocycles. The number of methoxy groups -OCH3 is 1. The lowest BCUT2D eigenvalue weighted by atomic mass is 9.99. The van der Waals surface area contributed by atoms with E-state index < -0.39 is 0 Å². The first-order valence-corrected chi connectivity index (χ1v) is 8.45. The van der Waals surface area contributed by atoms with Crippen molar-refractivity contribution >= 4 is 11.5 Å². The van der Waals surface area contributed by atoms with Crippen LogP contribution in [-0.4, -0.2) is 29.1 Å². The molecular weight excluding hydrogens is 314 g/mol. The minimum atomic E-state index is -0.315. The Kier molecular flexibility index (Phi) is 4.79. The van der Waals surface area contributed by atoms with Gasteiger partial charge in [-0.3, -0.25) is 4.79 Å². The number of amides is 1. The van der Waals surface area contributed by atoms with E-state index in [4.69, 9.17) is 4.74 Å². The minimum absolute atomic E-state index is 0.114. The van der Waals surface area contributed by atoms with E-state index in [9.17, 15) is 9.90 Å². The standard InChI is InChI=1S/C21H23NO3/c1-14(2)19-20(23)18(16-9-11-17(25-3)12-10-16)21(24)22(19)13-15-7-5-4-6-8-15/h4-12,14,19,23H,13H2,1-3H3. The third-order valence-electron chi connectivity index (χ3n) is 4.55. The van der Waals surface area contributed by atoms with Gasteiger partial charge in [0.05, 0.1) is 18.7 Å². The Morgan fingerprint density at radius 1 is 1.08 bits per heavy atom. The zero-order valence-corrected chi connectivity index (χ0v) is 14.8. The van der Waals surface area contributed by atoms with Crippen molar-refractivity contribution in [2.24, 2.45) is 5.92 Å². The van der Waals surface area contributed by atoms with Crippen LogP contribution in [0.25, 0.3) is 5.57 Å². The van der Waals surface area contributed by atoms with Crippen LogP contribution in [-0.2, 0) is 11.3 Å². The van der Waals surface area contributed by atoms with Crippen molar-refractivity contribution in [1.82, 2.24) is 4.90 Å². The van der Waals surface area contributed by atoms with Gasteiger partial charge in [-0.15, -0.1) is 0 Å². The summed E-state index contributed by atoms with van der Waals surface area (Å²) in [6, 6.07) is 16.8. The average Bonchev–Trinajstić information content (AvgIpc) is 2.86. The normalized spacial score (nSPS) is 17.5. The molecular formula is C21H23NO3. The third-order valence-corrected chi connectivity index (χ3v) is 4.55. The van der Waals surface area contributed by atoms with Gasteiger partial charge in [0, 0.05) is 6.54 Å². The van der Waals surface area contributed by atoms with Crippen molar-refractivity contribution in [2.75, 3.05) is 7.11 Å². The van der Waals surface area contributed by atoms with E-state index in [0.717, 1.165) is 11.3 Å². The van der Waals surface area contributed by atoms with Gasteiger partial charge in [-0.25, -0.2) is 0 Å². The Morgan fingerprint density at radius 3 is 2.28 bits per heavy atom. The van der Waals surface area contributed by atoms with E-state index in [1.807, 2.05) is 56.3 Å². The van der Waals surface area contributed by atoms with Crippen molar-refractivity contribution in [1.29, 1.82) is 0 Å². The number of hydrogen-bond donors (Lipinski definition) is 1. The lowest BCUT2D eigenvalue weighted by Gasteiger charge is -2.28. The summed E-state index contributed by atoms with van der Waals surface area (Å²) in [5, 5.41) is 10.8. The highest BCUT2D eigenvalue weighted by atomic mass is 16.5. The number of ether oxygens (including phenoxy) is 1. The monoisotopic (exact) mass is 337 g/mol. The van der Waals surface area contributed by atoms with Crippen molar-refractivity contribution in [2.45, 2.75) is 26.4 Å². The van der Waals surface area contributed by atoms with Crippen molar-refractivity contribution in [3.8, 4) is 5.75 Å². The van der Waals surface area contributed by atoms with Gasteiger partial charge in [-0.05, 0) is 29.2 Å². The largest absolute Gasteiger partial charge is 0.509 e. The molecule has 0 aromatic heterocycles. The first kappa shape index (κ1) is 17.1. The number of aliphatic hydroxyl groups excluding tert-OH is 1. The Morgan fingerprint density at radius 2 is 1.72 bits per heavy atom. The smallest absolute Gasteiger partial charge is 0.258 e. The zero-order chi connectivity index (χ0) is 18.0. The summed E-state index contributed by atoms with van der Waals surface area (Å²) in [7, 11) is 1.60. The second kappa shape index (κ2) is 7.01. The molecule has 0 saturated carbocycles. The first-order chi connectivity index (χ1) is 12.0. The van der Waals surface area contributed by atoms with Gasteiger partial charge in [-0.1, -0.05) is 56.3 Å². The van der Waals surface area contributed by atoms with Crippen molar-refractivity contribution in [3.63, 3.8) is 0 Å². The molecule has 2 aromatic rings. The molecule has 0 aliphatic carbocycles. The fourth-order valence-corrected chi connectivity index (χ4v) is 3.33. The van der Waals surface area contributed by atoms with Gasteiger partial charge in [0.25, 0.3) is 5.91 Å². The molecule has 130 valence electrons. The van der Waals surface area contributed by atoms with Crippen LogP contribution in [0.15, 0.2) is 60.4 Å². The SMILES string of the molecule is COc1ccc(C2=C(O)C(C(C)C)N(Cc3ccccc3)C2=O)cc1. The average molecular weight is 337 g/mol. The maximum atomic E-state index is 13.1. The fourth-order valence-electron chi connectivity index (χ4n) is 3.33. The Balaban J connectivity index is 1.96. The van der Waals surface area contributed by atoms with E-state index in [1.165, 1.54) is 0 Å². The molecule has 3 rings (SSSR count). The molecule has 4 heteroatoms. The van der Waals surface area contributed by atoms with Gasteiger partial charge in [0.2, 0.25) is 0 Å². The van der Waals surface area contributed by atoms with Gasteiger partial charge >= 0.3 is 0 Å². The molecule has 25 heavy (non-hydrogen) atoms. The van der Waals surface area contributed by atoms with E-state index in [1.54, 1.807) is 24.1 Å². The number of benzene rings is 2. The zero-order valence-electron chi connectivity index (χ0n) is 14.8. The predicted octanol–water partition coefficient (Wildman–Crippen LogP) is 4.03. The van der Waals surface area contributed by atoms with E-state index in [-0.39, 0.29) is 23.6 Å². The summed E-state index contributed by atoms with van der Waals surface area (Å²) in [5.41, 5.74) is 2.15. The third kappa shape index (κ3) is 3.25. The second-order valence-electron chi connectivity index (χ2n) is 6.60. The summed E-state index contributed by atoms with van der Waals surface area (Å²) in [6.07, 6.45) is 0. The van der Waals surface area contributed by atoms with Crippen LogP contribution >= 0.6 is 0 Å². The summed E-state index contributed by atoms with van der Waals surface area (Å²) in [5.74, 6) is 0.852. The topological polar surface area (TPSA) is 49.8 Å². The highest BCUT2D eigenvalue weighted by molar-refractivity contribution is 6.22. The first-order valence-electron chi connectivity index (χ1n) is 8.45. The highest BCUT2D eigenvalue weighted by Gasteiger charge is 2.41. The molecule has 1 N–H and O–H groups in total. The van der Waals surface area contributed by atoms with Gasteiger partial charge in [-0.2, -0.15) is 0 Å². The van der Waals surface area contributed by atoms with Gasteiger partial charge < -0.3 is 14.7 Å². The van der Waals surface area contributed by atoms with E-state index in [2.05, 4.69) is 0 Å². The lowest BCUT2D eigenvalue weighted by molar-refractivity contribution is -0.126.